The van der Waals surface area contributed by atoms with Crippen molar-refractivity contribution >= 4 is 82.5 Å². The molecular formula is C72H104ClF3N12O12. The zero-order valence-corrected chi connectivity index (χ0v) is 61.1. The van der Waals surface area contributed by atoms with Crippen LogP contribution in [0.2, 0.25) is 5.02 Å². The first-order chi connectivity index (χ1) is 47.0. The van der Waals surface area contributed by atoms with Gasteiger partial charge in [0.05, 0.1) is 23.6 Å². The summed E-state index contributed by atoms with van der Waals surface area (Å²) in [7, 11) is 9.97. The molecule has 5 fully saturated rings. The highest BCUT2D eigenvalue weighted by atomic mass is 35.5. The van der Waals surface area contributed by atoms with Crippen molar-refractivity contribution in [3.63, 3.8) is 0 Å². The third-order valence-corrected chi connectivity index (χ3v) is 21.9. The van der Waals surface area contributed by atoms with Crippen molar-refractivity contribution in [2.45, 2.75) is 223 Å². The lowest BCUT2D eigenvalue weighted by Crippen LogP contribution is -2.65. The molecule has 24 nitrogen and oxygen atoms in total. The SMILES string of the molecule is CC[C@H](C)[C@@H]1NC(=O)[C@H](CC2CCCC2)N(C)C(=O)C[C@@H](C(=O)N(C)C)N(C)C(=O)[C@H]([C@@H](C)CC)N(C)C(=O)C2(CCCC2)NC(=O)[C@@H]2CCCN2C(=O)[C@H](CCc2ccc(C(F)(F)F)c(Cl)c2)NC(=O)CN(C)C(=O)C(Cc2ccc(C)cc2)N(C)C(=O)[C@@H]2CCN2C(=O)[C@H](C)NC1=O. The first kappa shape index (κ1) is 79.5. The fourth-order valence-corrected chi connectivity index (χ4v) is 15.0. The normalized spacial score (nSPS) is 26.8. The van der Waals surface area contributed by atoms with Gasteiger partial charge in [0.1, 0.15) is 59.9 Å². The molecular weight excluding hydrogens is 1320 g/mol. The van der Waals surface area contributed by atoms with E-state index < -0.39 is 172 Å². The first-order valence-electron chi connectivity index (χ1n) is 35.3. The number of hydrogen-bond donors (Lipinski definition) is 4. The van der Waals surface area contributed by atoms with Crippen LogP contribution in [0.15, 0.2) is 42.5 Å². The topological polar surface area (TPSA) is 279 Å². The van der Waals surface area contributed by atoms with Crippen LogP contribution in [0, 0.1) is 24.7 Å². The van der Waals surface area contributed by atoms with Crippen LogP contribution in [0.1, 0.15) is 160 Å². The Balaban J connectivity index is 1.29. The molecule has 100 heavy (non-hydrogen) atoms. The zero-order valence-electron chi connectivity index (χ0n) is 60.3. The fraction of sp³-hybridized carbons (Fsp3) is 0.667. The van der Waals surface area contributed by atoms with Gasteiger partial charge in [-0.25, -0.2) is 0 Å². The lowest BCUT2D eigenvalue weighted by Gasteiger charge is -2.44. The Kier molecular flexibility index (Phi) is 27.2. The predicted octanol–water partition coefficient (Wildman–Crippen LogP) is 5.27. The van der Waals surface area contributed by atoms with Gasteiger partial charge in [-0.05, 0) is 106 Å². The molecule has 2 aromatic rings. The standard InChI is InChI=1S/C72H104ClF3N12O12/c1-14-43(4)59-63(93)77-45(6)64(94)88-36-32-53(88)68(98)84(11)55(39-48-26-24-42(3)25-27-48)67(97)82(9)41-57(89)78-51(31-29-47-28-30-49(50(73)37-47)72(74,75)76)65(95)87-35-20-23-52(87)62(92)80-71(33-18-19-34-71)70(100)86(13)60(44(5)15-2)69(99)85(12)56(66(96)81(7)8)40-58(90)83(10)54(61(91)79-59)38-46-21-16-17-22-46/h24-28,30,37,43-46,51-56,59-60H,14-23,29,31-36,38-41H2,1-13H3,(H,77,93)(H,78,89)(H,79,91)(H,80,92)/t43-,44-,45-,51-,52-,53-,54-,55?,56-,59-,60-/m0/s1. The number of carbonyl (C=O) groups excluding carboxylic acids is 12. The lowest BCUT2D eigenvalue weighted by atomic mass is 9.90. The number of alkyl halides is 3. The second-order valence-corrected chi connectivity index (χ2v) is 29.2. The Morgan fingerprint density at radius 1 is 0.660 bits per heavy atom. The highest BCUT2D eigenvalue weighted by Crippen LogP contribution is 2.37. The van der Waals surface area contributed by atoms with E-state index in [-0.39, 0.29) is 75.9 Å². The molecule has 1 unspecified atom stereocenters. The van der Waals surface area contributed by atoms with Crippen molar-refractivity contribution in [1.82, 2.24) is 60.5 Å². The van der Waals surface area contributed by atoms with Crippen LogP contribution in [0.4, 0.5) is 13.2 Å². The van der Waals surface area contributed by atoms with E-state index in [1.807, 2.05) is 32.9 Å². The van der Waals surface area contributed by atoms with Gasteiger partial charge in [0.25, 0.3) is 0 Å². The molecule has 3 aliphatic heterocycles. The number of likely N-dealkylation sites (N-methyl/N-ethyl adjacent to an activating group) is 6. The van der Waals surface area contributed by atoms with Gasteiger partial charge in [-0.3, -0.25) is 57.5 Å². The first-order valence-corrected chi connectivity index (χ1v) is 35.7. The largest absolute Gasteiger partial charge is 0.417 e. The van der Waals surface area contributed by atoms with Crippen molar-refractivity contribution in [1.29, 1.82) is 0 Å². The maximum atomic E-state index is 15.5. The Morgan fingerprint density at radius 3 is 1.86 bits per heavy atom. The second kappa shape index (κ2) is 34.2. The number of nitrogens with one attached hydrogen (secondary N) is 4. The quantitative estimate of drug-likeness (QED) is 0.212. The number of aryl methyl sites for hydroxylation is 2. The number of hydrogen-bond acceptors (Lipinski definition) is 12. The maximum absolute atomic E-state index is 15.5. The molecule has 3 heterocycles. The van der Waals surface area contributed by atoms with Crippen LogP contribution < -0.4 is 21.3 Å². The molecule has 12 amide bonds. The van der Waals surface area contributed by atoms with Gasteiger partial charge >= 0.3 is 6.18 Å². The van der Waals surface area contributed by atoms with Crippen molar-refractivity contribution in [2.24, 2.45) is 17.8 Å². The van der Waals surface area contributed by atoms with Crippen LogP contribution in [0.3, 0.4) is 0 Å². The smallest absolute Gasteiger partial charge is 0.347 e. The molecule has 0 bridgehead atoms. The molecule has 2 aromatic carbocycles. The van der Waals surface area contributed by atoms with Gasteiger partial charge in [-0.1, -0.05) is 127 Å². The average molecular weight is 1420 g/mol. The molecule has 11 atom stereocenters. The molecule has 7 rings (SSSR count). The molecule has 3 saturated heterocycles. The van der Waals surface area contributed by atoms with Crippen LogP contribution >= 0.6 is 11.6 Å². The summed E-state index contributed by atoms with van der Waals surface area (Å²) in [6.45, 7) is 9.96. The summed E-state index contributed by atoms with van der Waals surface area (Å²) in [5.74, 6) is -9.24. The number of benzene rings is 2. The molecule has 2 aliphatic carbocycles. The summed E-state index contributed by atoms with van der Waals surface area (Å²) in [5, 5.41) is 10.9. The predicted molar refractivity (Wildman–Crippen MR) is 368 cm³/mol. The van der Waals surface area contributed by atoms with E-state index in [0.717, 1.165) is 53.2 Å². The second-order valence-electron chi connectivity index (χ2n) is 28.8. The van der Waals surface area contributed by atoms with Crippen molar-refractivity contribution in [2.75, 3.05) is 69.0 Å². The zero-order chi connectivity index (χ0) is 74.0. The third kappa shape index (κ3) is 18.6. The number of halogens is 4. The van der Waals surface area contributed by atoms with E-state index in [4.69, 9.17) is 11.6 Å². The van der Waals surface area contributed by atoms with Crippen LogP contribution in [-0.2, 0) is 76.6 Å². The molecule has 5 aliphatic rings. The van der Waals surface area contributed by atoms with Gasteiger partial charge in [-0.15, -0.1) is 0 Å². The Labute approximate surface area is 590 Å². The van der Waals surface area contributed by atoms with E-state index in [9.17, 15) is 51.5 Å². The van der Waals surface area contributed by atoms with Crippen molar-refractivity contribution < 1.29 is 70.7 Å². The summed E-state index contributed by atoms with van der Waals surface area (Å²) in [4.78, 5) is 188. The molecule has 0 radical (unpaired) electrons. The minimum atomic E-state index is -4.77. The summed E-state index contributed by atoms with van der Waals surface area (Å²) < 4.78 is 41.6. The van der Waals surface area contributed by atoms with Gasteiger partial charge in [0.2, 0.25) is 70.9 Å². The highest BCUT2D eigenvalue weighted by molar-refractivity contribution is 6.31. The van der Waals surface area contributed by atoms with E-state index in [1.54, 1.807) is 26.0 Å². The van der Waals surface area contributed by atoms with E-state index in [0.29, 0.717) is 37.7 Å². The molecule has 4 N–H and O–H groups in total. The maximum Gasteiger partial charge on any atom is 0.417 e. The number of nitrogens with zero attached hydrogens (tertiary/aromatic N) is 8. The minimum Gasteiger partial charge on any atom is -0.347 e. The number of fused-ring (bicyclic) bond motifs is 2. The number of amides is 12. The van der Waals surface area contributed by atoms with Gasteiger partial charge in [-0.2, -0.15) is 13.2 Å². The van der Waals surface area contributed by atoms with Crippen molar-refractivity contribution in [3.8, 4) is 0 Å². The van der Waals surface area contributed by atoms with Crippen LogP contribution in [0.5, 0.6) is 0 Å². The summed E-state index contributed by atoms with van der Waals surface area (Å²) in [6, 6.07) is -1.00. The number of rotatable bonds is 12. The van der Waals surface area contributed by atoms with E-state index in [2.05, 4.69) is 21.3 Å². The molecule has 0 aromatic heterocycles. The fourth-order valence-electron chi connectivity index (χ4n) is 14.7. The van der Waals surface area contributed by atoms with Crippen LogP contribution in [-0.4, -0.2) is 239 Å². The van der Waals surface area contributed by atoms with Gasteiger partial charge in [0.15, 0.2) is 0 Å². The number of carbonyl (C=O) groups is 12. The van der Waals surface area contributed by atoms with Crippen molar-refractivity contribution in [3.05, 3.63) is 69.7 Å². The summed E-state index contributed by atoms with van der Waals surface area (Å²) in [6.07, 6.45) is 0.492. The monoisotopic (exact) mass is 1420 g/mol. The summed E-state index contributed by atoms with van der Waals surface area (Å²) in [5.41, 5.74) is -0.829. The average Bonchev–Trinajstić information content (AvgIpc) is 1.39. The van der Waals surface area contributed by atoms with E-state index in [1.165, 1.54) is 91.7 Å². The van der Waals surface area contributed by atoms with Crippen LogP contribution in [0.25, 0.3) is 0 Å². The Hall–Kier alpha value is -7.84. The highest BCUT2D eigenvalue weighted by Gasteiger charge is 2.51. The third-order valence-electron chi connectivity index (χ3n) is 21.6. The molecule has 28 heteroatoms. The van der Waals surface area contributed by atoms with Gasteiger partial charge < -0.3 is 60.5 Å². The molecule has 1 spiro atoms. The minimum absolute atomic E-state index is 0.0163. The van der Waals surface area contributed by atoms with E-state index >= 15 is 19.2 Å². The van der Waals surface area contributed by atoms with Gasteiger partial charge in [0, 0.05) is 68.8 Å². The Morgan fingerprint density at radius 2 is 1.28 bits per heavy atom. The molecule has 552 valence electrons. The summed E-state index contributed by atoms with van der Waals surface area (Å²) >= 11 is 6.15. The molecule has 2 saturated carbocycles. The lowest BCUT2D eigenvalue weighted by molar-refractivity contribution is -0.157. The Bertz CT molecular complexity index is 3350.